The molecular weight excluding hydrogens is 278 g/mol. The van der Waals surface area contributed by atoms with E-state index < -0.39 is 10.0 Å². The molecule has 0 bridgehead atoms. The summed E-state index contributed by atoms with van der Waals surface area (Å²) in [4.78, 5) is 10.9. The number of rotatable bonds is 7. The van der Waals surface area contributed by atoms with Gasteiger partial charge in [-0.05, 0) is 18.7 Å². The normalized spacial score (nSPS) is 11.7. The lowest BCUT2D eigenvalue weighted by atomic mass is 10.3. The van der Waals surface area contributed by atoms with Crippen molar-refractivity contribution in [3.63, 3.8) is 0 Å². The molecule has 8 heteroatoms. The first-order valence-corrected chi connectivity index (χ1v) is 7.67. The van der Waals surface area contributed by atoms with Gasteiger partial charge in [0.05, 0.1) is 0 Å². The lowest BCUT2D eigenvalue weighted by Gasteiger charge is -2.06. The van der Waals surface area contributed by atoms with E-state index in [1.807, 2.05) is 7.05 Å². The summed E-state index contributed by atoms with van der Waals surface area (Å²) in [5.74, 6) is 0.741. The van der Waals surface area contributed by atoms with Crippen LogP contribution in [-0.2, 0) is 23.0 Å². The fourth-order valence-electron chi connectivity index (χ4n) is 1.69. The molecule has 7 nitrogen and oxygen atoms in total. The molecule has 0 amide bonds. The second-order valence-corrected chi connectivity index (χ2v) is 5.93. The molecule has 0 spiro atoms. The third kappa shape index (κ3) is 3.86. The molecule has 0 saturated heterocycles. The molecule has 0 aliphatic carbocycles. The lowest BCUT2D eigenvalue weighted by Crippen LogP contribution is -2.27. The smallest absolute Gasteiger partial charge is 0.258 e. The van der Waals surface area contributed by atoms with Crippen molar-refractivity contribution < 1.29 is 8.42 Å². The van der Waals surface area contributed by atoms with Crippen molar-refractivity contribution in [2.45, 2.75) is 18.0 Å². The molecule has 0 aliphatic heterocycles. The van der Waals surface area contributed by atoms with Crippen molar-refractivity contribution in [2.75, 3.05) is 13.6 Å². The summed E-state index contributed by atoms with van der Waals surface area (Å²) < 4.78 is 26.5. The molecule has 20 heavy (non-hydrogen) atoms. The maximum absolute atomic E-state index is 12.0. The number of hydrogen-bond acceptors (Lipinski definition) is 5. The highest BCUT2D eigenvalue weighted by Crippen LogP contribution is 2.06. The van der Waals surface area contributed by atoms with Gasteiger partial charge in [0.2, 0.25) is 0 Å². The number of pyridine rings is 1. The average molecular weight is 295 g/mol. The number of aromatic amines is 1. The van der Waals surface area contributed by atoms with E-state index in [9.17, 15) is 8.42 Å². The fraction of sp³-hybridized carbons (Fsp3) is 0.333. The second kappa shape index (κ2) is 6.60. The van der Waals surface area contributed by atoms with E-state index in [2.05, 4.69) is 25.0 Å². The largest absolute Gasteiger partial charge is 0.349 e. The van der Waals surface area contributed by atoms with E-state index in [0.717, 1.165) is 11.4 Å². The van der Waals surface area contributed by atoms with Crippen LogP contribution in [0.15, 0.2) is 35.7 Å². The summed E-state index contributed by atoms with van der Waals surface area (Å²) in [6.07, 6.45) is 5.39. The Bertz CT molecular complexity index is 622. The molecule has 0 aliphatic rings. The minimum absolute atomic E-state index is 0.0248. The Hall–Kier alpha value is -1.77. The minimum atomic E-state index is -3.57. The molecule has 0 aromatic carbocycles. The SMILES string of the molecule is CNCc1ccc(S(=O)(=O)NCCc2ncc[nH]2)nc1. The van der Waals surface area contributed by atoms with Gasteiger partial charge < -0.3 is 10.3 Å². The Morgan fingerprint density at radius 1 is 1.30 bits per heavy atom. The standard InChI is InChI=1S/C12H17N5O2S/c1-13-8-10-2-3-12(16-9-10)20(18,19)17-5-4-11-14-6-7-15-11/h2-3,6-7,9,13,17H,4-5,8H2,1H3,(H,14,15). The van der Waals surface area contributed by atoms with Crippen LogP contribution in [-0.4, -0.2) is 37.0 Å². The van der Waals surface area contributed by atoms with E-state index in [1.54, 1.807) is 24.7 Å². The molecule has 3 N–H and O–H groups in total. The zero-order valence-corrected chi connectivity index (χ0v) is 11.9. The molecule has 0 saturated carbocycles. The summed E-state index contributed by atoms with van der Waals surface area (Å²) in [5.41, 5.74) is 0.932. The predicted molar refractivity (Wildman–Crippen MR) is 74.5 cm³/mol. The summed E-state index contributed by atoms with van der Waals surface area (Å²) in [7, 11) is -1.75. The van der Waals surface area contributed by atoms with Crippen LogP contribution >= 0.6 is 0 Å². The Balaban J connectivity index is 1.95. The molecule has 2 aromatic rings. The van der Waals surface area contributed by atoms with E-state index in [0.29, 0.717) is 13.0 Å². The quantitative estimate of drug-likeness (QED) is 0.670. The topological polar surface area (TPSA) is 99.8 Å². The highest BCUT2D eigenvalue weighted by Gasteiger charge is 2.14. The van der Waals surface area contributed by atoms with Gasteiger partial charge in [-0.3, -0.25) is 0 Å². The van der Waals surface area contributed by atoms with Crippen LogP contribution in [0.25, 0.3) is 0 Å². The van der Waals surface area contributed by atoms with E-state index >= 15 is 0 Å². The van der Waals surface area contributed by atoms with Crippen LogP contribution in [0.2, 0.25) is 0 Å². The number of hydrogen-bond donors (Lipinski definition) is 3. The Kier molecular flexibility index (Phi) is 4.83. The minimum Gasteiger partial charge on any atom is -0.349 e. The first-order chi connectivity index (χ1) is 9.62. The van der Waals surface area contributed by atoms with Crippen molar-refractivity contribution in [2.24, 2.45) is 0 Å². The molecule has 2 rings (SSSR count). The molecule has 0 unspecified atom stereocenters. The Morgan fingerprint density at radius 2 is 2.15 bits per heavy atom. The van der Waals surface area contributed by atoms with Crippen molar-refractivity contribution in [1.82, 2.24) is 25.0 Å². The summed E-state index contributed by atoms with van der Waals surface area (Å²) >= 11 is 0. The van der Waals surface area contributed by atoms with Crippen LogP contribution in [0.3, 0.4) is 0 Å². The maximum Gasteiger partial charge on any atom is 0.258 e. The van der Waals surface area contributed by atoms with E-state index in [-0.39, 0.29) is 11.6 Å². The number of nitrogens with one attached hydrogen (secondary N) is 3. The molecule has 2 aromatic heterocycles. The van der Waals surface area contributed by atoms with Gasteiger partial charge in [-0.1, -0.05) is 6.07 Å². The molecule has 0 fully saturated rings. The number of sulfonamides is 1. The molecule has 0 radical (unpaired) electrons. The molecular formula is C12H17N5O2S. The van der Waals surface area contributed by atoms with Gasteiger partial charge in [-0.15, -0.1) is 0 Å². The second-order valence-electron chi connectivity index (χ2n) is 4.22. The van der Waals surface area contributed by atoms with Crippen molar-refractivity contribution >= 4 is 10.0 Å². The predicted octanol–water partition coefficient (Wildman–Crippen LogP) is 0.0451. The number of H-pyrrole nitrogens is 1. The van der Waals surface area contributed by atoms with E-state index in [4.69, 9.17) is 0 Å². The number of imidazole rings is 1. The van der Waals surface area contributed by atoms with Crippen LogP contribution in [0, 0.1) is 0 Å². The third-order valence-electron chi connectivity index (χ3n) is 2.66. The van der Waals surface area contributed by atoms with Gasteiger partial charge in [0, 0.05) is 38.1 Å². The van der Waals surface area contributed by atoms with Gasteiger partial charge >= 0.3 is 0 Å². The van der Waals surface area contributed by atoms with Crippen LogP contribution in [0.5, 0.6) is 0 Å². The summed E-state index contributed by atoms with van der Waals surface area (Å²) in [5, 5.41) is 3.00. The molecule has 0 atom stereocenters. The number of aromatic nitrogens is 3. The monoisotopic (exact) mass is 295 g/mol. The Morgan fingerprint density at radius 3 is 2.75 bits per heavy atom. The van der Waals surface area contributed by atoms with Crippen LogP contribution in [0.1, 0.15) is 11.4 Å². The van der Waals surface area contributed by atoms with Gasteiger partial charge in [-0.2, -0.15) is 0 Å². The highest BCUT2D eigenvalue weighted by molar-refractivity contribution is 7.89. The third-order valence-corrected chi connectivity index (χ3v) is 4.04. The van der Waals surface area contributed by atoms with Gasteiger partial charge in [0.15, 0.2) is 5.03 Å². The first-order valence-electron chi connectivity index (χ1n) is 6.19. The van der Waals surface area contributed by atoms with Crippen molar-refractivity contribution in [1.29, 1.82) is 0 Å². The van der Waals surface area contributed by atoms with Crippen LogP contribution < -0.4 is 10.0 Å². The zero-order valence-electron chi connectivity index (χ0n) is 11.1. The average Bonchev–Trinajstić information content (AvgIpc) is 2.93. The van der Waals surface area contributed by atoms with Crippen molar-refractivity contribution in [3.8, 4) is 0 Å². The summed E-state index contributed by atoms with van der Waals surface area (Å²) in [6.45, 7) is 0.926. The van der Waals surface area contributed by atoms with Crippen LogP contribution in [0.4, 0.5) is 0 Å². The van der Waals surface area contributed by atoms with Crippen molar-refractivity contribution in [3.05, 3.63) is 42.1 Å². The highest BCUT2D eigenvalue weighted by atomic mass is 32.2. The lowest BCUT2D eigenvalue weighted by molar-refractivity contribution is 0.577. The van der Waals surface area contributed by atoms with Gasteiger partial charge in [0.1, 0.15) is 5.82 Å². The molecule has 108 valence electrons. The molecule has 2 heterocycles. The first kappa shape index (κ1) is 14.6. The van der Waals surface area contributed by atoms with Gasteiger partial charge in [-0.25, -0.2) is 23.1 Å². The van der Waals surface area contributed by atoms with E-state index in [1.165, 1.54) is 6.07 Å². The van der Waals surface area contributed by atoms with Gasteiger partial charge in [0.25, 0.3) is 10.0 Å². The zero-order chi connectivity index (χ0) is 14.4. The maximum atomic E-state index is 12.0. The fourth-order valence-corrected chi connectivity index (χ4v) is 2.65. The Labute approximate surface area is 117 Å². The summed E-state index contributed by atoms with van der Waals surface area (Å²) in [6, 6.07) is 3.24. The number of nitrogens with zero attached hydrogens (tertiary/aromatic N) is 2.